The highest BCUT2D eigenvalue weighted by molar-refractivity contribution is 7.99. The Kier molecular flexibility index (Phi) is 8.15. The number of para-hydroxylation sites is 3. The normalized spacial score (nSPS) is 16.4. The third kappa shape index (κ3) is 5.33. The molecule has 0 atom stereocenters. The summed E-state index contributed by atoms with van der Waals surface area (Å²) in [5, 5.41) is 1.26. The molecular formula is C51H45N3S. The first-order valence-electron chi connectivity index (χ1n) is 19.7. The Labute approximate surface area is 329 Å². The SMILES string of the molecule is C=C(/C=C(\CC)N1c2ccccc2Sc2ccccc21)n1c2c(c3ccccc31)C(N(C1=CCCC=C1)c1ccc3c(c1)C(C)(C)c1ccccc1-3)=CCC2. The van der Waals surface area contributed by atoms with E-state index in [1.165, 1.54) is 88.4 Å². The minimum absolute atomic E-state index is 0.0817. The molecule has 0 saturated carbocycles. The van der Waals surface area contributed by atoms with Crippen LogP contribution in [0.2, 0.25) is 0 Å². The van der Waals surface area contributed by atoms with Crippen LogP contribution in [0.5, 0.6) is 0 Å². The first-order valence-corrected chi connectivity index (χ1v) is 20.6. The van der Waals surface area contributed by atoms with Crippen LogP contribution >= 0.6 is 11.8 Å². The number of allylic oxidation sites excluding steroid dienone is 7. The summed E-state index contributed by atoms with van der Waals surface area (Å²) < 4.78 is 2.45. The van der Waals surface area contributed by atoms with E-state index in [1.54, 1.807) is 0 Å². The molecular weight excluding hydrogens is 687 g/mol. The number of benzene rings is 5. The largest absolute Gasteiger partial charge is 0.313 e. The van der Waals surface area contributed by atoms with Crippen molar-refractivity contribution in [3.8, 4) is 11.1 Å². The molecule has 6 aromatic rings. The fourth-order valence-corrected chi connectivity index (χ4v) is 10.5. The molecule has 4 aliphatic rings. The highest BCUT2D eigenvalue weighted by Crippen LogP contribution is 2.52. The summed E-state index contributed by atoms with van der Waals surface area (Å²) in [7, 11) is 0. The summed E-state index contributed by atoms with van der Waals surface area (Å²) in [4.78, 5) is 7.54. The van der Waals surface area contributed by atoms with Crippen molar-refractivity contribution in [2.75, 3.05) is 9.80 Å². The van der Waals surface area contributed by atoms with Crippen LogP contribution in [0.4, 0.5) is 17.1 Å². The van der Waals surface area contributed by atoms with Gasteiger partial charge in [0.15, 0.2) is 0 Å². The van der Waals surface area contributed by atoms with Crippen LogP contribution in [0.1, 0.15) is 68.8 Å². The van der Waals surface area contributed by atoms with Crippen molar-refractivity contribution >= 4 is 51.1 Å². The second-order valence-electron chi connectivity index (χ2n) is 15.5. The van der Waals surface area contributed by atoms with Crippen molar-refractivity contribution in [1.82, 2.24) is 4.57 Å². The van der Waals surface area contributed by atoms with Crippen molar-refractivity contribution in [2.24, 2.45) is 0 Å². The van der Waals surface area contributed by atoms with Gasteiger partial charge in [0.25, 0.3) is 0 Å². The van der Waals surface area contributed by atoms with E-state index in [-0.39, 0.29) is 5.41 Å². The van der Waals surface area contributed by atoms with Gasteiger partial charge < -0.3 is 14.4 Å². The van der Waals surface area contributed by atoms with Crippen molar-refractivity contribution < 1.29 is 0 Å². The third-order valence-electron chi connectivity index (χ3n) is 11.9. The summed E-state index contributed by atoms with van der Waals surface area (Å²) in [6.07, 6.45) is 16.8. The van der Waals surface area contributed by atoms with Gasteiger partial charge in [-0.3, -0.25) is 0 Å². The Morgan fingerprint density at radius 2 is 1.49 bits per heavy atom. The third-order valence-corrected chi connectivity index (χ3v) is 13.1. The number of fused-ring (bicyclic) bond motifs is 8. The van der Waals surface area contributed by atoms with Gasteiger partial charge in [0.1, 0.15) is 0 Å². The molecule has 4 heteroatoms. The lowest BCUT2D eigenvalue weighted by Gasteiger charge is -2.34. The molecule has 0 unspecified atom stereocenters. The van der Waals surface area contributed by atoms with Gasteiger partial charge in [-0.25, -0.2) is 0 Å². The molecule has 10 rings (SSSR count). The number of hydrogen-bond donors (Lipinski definition) is 0. The predicted octanol–water partition coefficient (Wildman–Crippen LogP) is 14.0. The quantitative estimate of drug-likeness (QED) is 0.152. The molecule has 0 saturated heterocycles. The highest BCUT2D eigenvalue weighted by atomic mass is 32.2. The molecule has 2 heterocycles. The molecule has 5 aromatic carbocycles. The second kappa shape index (κ2) is 13.2. The van der Waals surface area contributed by atoms with Crippen LogP contribution in [0, 0.1) is 0 Å². The molecule has 270 valence electrons. The molecule has 0 bridgehead atoms. The van der Waals surface area contributed by atoms with Crippen LogP contribution in [0.25, 0.3) is 33.4 Å². The Balaban J connectivity index is 1.12. The zero-order valence-corrected chi connectivity index (χ0v) is 32.7. The topological polar surface area (TPSA) is 11.4 Å². The standard InChI is InChI=1S/C51H45N3S/c1-5-35(54-44-24-13-15-28-48(44)55-49-29-16-14-25-45(49)54)32-34(2)52-43-23-12-10-21-40(43)50-46(52)26-17-27-47(50)53(36-18-7-6-8-19-36)37-30-31-39-38-20-9-11-22-41(38)51(3,4)42(39)33-37/h7,9-16,18-25,27-33H,2,5-6,8,17,26H2,1,3-4H3/b35-32+. The minimum Gasteiger partial charge on any atom is -0.313 e. The molecule has 0 spiro atoms. The Morgan fingerprint density at radius 1 is 0.782 bits per heavy atom. The van der Waals surface area contributed by atoms with Crippen molar-refractivity contribution in [3.63, 3.8) is 0 Å². The van der Waals surface area contributed by atoms with Gasteiger partial charge in [-0.2, -0.15) is 0 Å². The van der Waals surface area contributed by atoms with Crippen LogP contribution in [0.15, 0.2) is 173 Å². The van der Waals surface area contributed by atoms with E-state index in [1.807, 2.05) is 11.8 Å². The van der Waals surface area contributed by atoms with Crippen molar-refractivity contribution in [3.05, 3.63) is 186 Å². The molecule has 0 amide bonds. The van der Waals surface area contributed by atoms with E-state index >= 15 is 0 Å². The van der Waals surface area contributed by atoms with Crippen LogP contribution < -0.4 is 9.80 Å². The lowest BCUT2D eigenvalue weighted by molar-refractivity contribution is 0.660. The first kappa shape index (κ1) is 33.8. The summed E-state index contributed by atoms with van der Waals surface area (Å²) in [6.45, 7) is 11.9. The highest BCUT2D eigenvalue weighted by Gasteiger charge is 2.37. The average Bonchev–Trinajstić information content (AvgIpc) is 3.68. The number of anilines is 3. The fourth-order valence-electron chi connectivity index (χ4n) is 9.41. The molecule has 1 aliphatic heterocycles. The second-order valence-corrected chi connectivity index (χ2v) is 16.6. The number of nitrogens with zero attached hydrogens (tertiary/aromatic N) is 3. The van der Waals surface area contributed by atoms with E-state index in [2.05, 4.69) is 181 Å². The molecule has 3 nitrogen and oxygen atoms in total. The predicted molar refractivity (Wildman–Crippen MR) is 234 cm³/mol. The maximum Gasteiger partial charge on any atom is 0.0598 e. The smallest absolute Gasteiger partial charge is 0.0598 e. The minimum atomic E-state index is -0.0817. The van der Waals surface area contributed by atoms with E-state index in [9.17, 15) is 0 Å². The lowest BCUT2D eigenvalue weighted by Crippen LogP contribution is -2.24. The molecule has 0 radical (unpaired) electrons. The van der Waals surface area contributed by atoms with E-state index < -0.39 is 0 Å². The van der Waals surface area contributed by atoms with Gasteiger partial charge in [0.05, 0.1) is 22.6 Å². The number of rotatable bonds is 7. The monoisotopic (exact) mass is 731 g/mol. The Morgan fingerprint density at radius 3 is 2.25 bits per heavy atom. The molecule has 0 N–H and O–H groups in total. The maximum absolute atomic E-state index is 4.84. The van der Waals surface area contributed by atoms with Crippen LogP contribution in [0.3, 0.4) is 0 Å². The van der Waals surface area contributed by atoms with Crippen molar-refractivity contribution in [2.45, 2.75) is 68.1 Å². The average molecular weight is 732 g/mol. The number of hydrogen-bond acceptors (Lipinski definition) is 3. The van der Waals surface area contributed by atoms with Gasteiger partial charge in [-0.1, -0.05) is 130 Å². The molecule has 1 aromatic heterocycles. The Bertz CT molecular complexity index is 2630. The maximum atomic E-state index is 4.84. The van der Waals surface area contributed by atoms with Gasteiger partial charge in [-0.05, 0) is 109 Å². The van der Waals surface area contributed by atoms with Gasteiger partial charge in [-0.15, -0.1) is 0 Å². The summed E-state index contributed by atoms with van der Waals surface area (Å²) >= 11 is 1.85. The zero-order valence-electron chi connectivity index (χ0n) is 31.8. The van der Waals surface area contributed by atoms with Crippen molar-refractivity contribution in [1.29, 1.82) is 0 Å². The molecule has 3 aliphatic carbocycles. The first-order chi connectivity index (χ1) is 26.9. The van der Waals surface area contributed by atoms with Gasteiger partial charge in [0, 0.05) is 54.6 Å². The molecule has 0 fully saturated rings. The lowest BCUT2D eigenvalue weighted by atomic mass is 9.82. The Hall–Kier alpha value is -5.71. The number of aromatic nitrogens is 1. The summed E-state index contributed by atoms with van der Waals surface area (Å²) in [5.41, 5.74) is 17.6. The molecule has 55 heavy (non-hydrogen) atoms. The van der Waals surface area contributed by atoms with E-state index in [4.69, 9.17) is 6.58 Å². The summed E-state index contributed by atoms with van der Waals surface area (Å²) in [6, 6.07) is 42.6. The zero-order chi connectivity index (χ0) is 37.3. The van der Waals surface area contributed by atoms with Gasteiger partial charge in [0.2, 0.25) is 0 Å². The fraction of sp³-hybridized carbons (Fsp3) is 0.176. The van der Waals surface area contributed by atoms with E-state index in [0.717, 1.165) is 37.8 Å². The van der Waals surface area contributed by atoms with E-state index in [0.29, 0.717) is 0 Å². The summed E-state index contributed by atoms with van der Waals surface area (Å²) in [5.74, 6) is 0. The van der Waals surface area contributed by atoms with Crippen LogP contribution in [-0.2, 0) is 11.8 Å². The van der Waals surface area contributed by atoms with Gasteiger partial charge >= 0.3 is 0 Å². The van der Waals surface area contributed by atoms with Crippen LogP contribution in [-0.4, -0.2) is 4.57 Å².